The van der Waals surface area contributed by atoms with Gasteiger partial charge in [0.15, 0.2) is 19.7 Å². The minimum atomic E-state index is -3.82. The summed E-state index contributed by atoms with van der Waals surface area (Å²) in [6.45, 7) is 6.55. The Bertz CT molecular complexity index is 1200. The maximum atomic E-state index is 13.5. The summed E-state index contributed by atoms with van der Waals surface area (Å²) in [5.41, 5.74) is 3.03. The van der Waals surface area contributed by atoms with Gasteiger partial charge in [0, 0.05) is 37.9 Å². The number of nitrogens with zero attached hydrogens (tertiary/aromatic N) is 2. The Balaban J connectivity index is 1.56. The quantitative estimate of drug-likeness (QED) is 0.651. The van der Waals surface area contributed by atoms with Gasteiger partial charge in [-0.25, -0.2) is 16.8 Å². The SMILES string of the molecule is COc1ccc(S(=O)(=O)[C@H]2CS(=O)(=O)C[C@@H]2N2CCN(c3cccc(C)c3)CC2)cc1C. The first-order valence-corrected chi connectivity index (χ1v) is 14.1. The Morgan fingerprint density at radius 1 is 0.969 bits per heavy atom. The average molecular weight is 479 g/mol. The molecule has 2 aliphatic rings. The normalized spacial score (nSPS) is 23.9. The predicted molar refractivity (Wildman–Crippen MR) is 126 cm³/mol. The van der Waals surface area contributed by atoms with Crippen molar-refractivity contribution in [2.45, 2.75) is 30.0 Å². The van der Waals surface area contributed by atoms with E-state index >= 15 is 0 Å². The molecule has 9 heteroatoms. The highest BCUT2D eigenvalue weighted by Crippen LogP contribution is 2.32. The van der Waals surface area contributed by atoms with E-state index in [9.17, 15) is 16.8 Å². The van der Waals surface area contributed by atoms with E-state index in [0.717, 1.165) is 18.8 Å². The topological polar surface area (TPSA) is 84.0 Å². The monoisotopic (exact) mass is 478 g/mol. The van der Waals surface area contributed by atoms with Crippen LogP contribution in [0.25, 0.3) is 0 Å². The van der Waals surface area contributed by atoms with Gasteiger partial charge in [0.2, 0.25) is 0 Å². The first-order valence-electron chi connectivity index (χ1n) is 10.8. The lowest BCUT2D eigenvalue weighted by atomic mass is 10.1. The van der Waals surface area contributed by atoms with E-state index in [-0.39, 0.29) is 16.4 Å². The van der Waals surface area contributed by atoms with Crippen molar-refractivity contribution in [2.75, 3.05) is 49.7 Å². The second kappa shape index (κ2) is 8.68. The van der Waals surface area contributed by atoms with Crippen LogP contribution < -0.4 is 9.64 Å². The Morgan fingerprint density at radius 2 is 1.69 bits per heavy atom. The second-order valence-corrected chi connectivity index (χ2v) is 13.0. The number of rotatable bonds is 5. The lowest BCUT2D eigenvalue weighted by molar-refractivity contribution is 0.201. The summed E-state index contributed by atoms with van der Waals surface area (Å²) in [6, 6.07) is 12.5. The van der Waals surface area contributed by atoms with Crippen LogP contribution in [0, 0.1) is 13.8 Å². The van der Waals surface area contributed by atoms with E-state index in [4.69, 9.17) is 4.74 Å². The van der Waals surface area contributed by atoms with Gasteiger partial charge in [-0.15, -0.1) is 0 Å². The predicted octanol–water partition coefficient (Wildman–Crippen LogP) is 2.07. The lowest BCUT2D eigenvalue weighted by Gasteiger charge is -2.40. The number of sulfone groups is 2. The number of piperazine rings is 1. The number of hydrogen-bond acceptors (Lipinski definition) is 7. The number of ether oxygens (including phenoxy) is 1. The van der Waals surface area contributed by atoms with Gasteiger partial charge in [-0.3, -0.25) is 4.90 Å². The molecule has 2 fully saturated rings. The van der Waals surface area contributed by atoms with Crippen LogP contribution in [0.4, 0.5) is 5.69 Å². The maximum absolute atomic E-state index is 13.5. The number of methoxy groups -OCH3 is 1. The Labute approximate surface area is 190 Å². The van der Waals surface area contributed by atoms with Crippen LogP contribution in [0.2, 0.25) is 0 Å². The summed E-state index contributed by atoms with van der Waals surface area (Å²) in [5, 5.41) is -0.967. The molecule has 0 aliphatic carbocycles. The van der Waals surface area contributed by atoms with Crippen molar-refractivity contribution in [2.24, 2.45) is 0 Å². The number of benzene rings is 2. The smallest absolute Gasteiger partial charge is 0.183 e. The Hall–Kier alpha value is -2.10. The third-order valence-corrected chi connectivity index (χ3v) is 10.6. The van der Waals surface area contributed by atoms with Crippen LogP contribution in [-0.2, 0) is 19.7 Å². The highest BCUT2D eigenvalue weighted by Gasteiger charge is 2.48. The molecule has 0 radical (unpaired) electrons. The van der Waals surface area contributed by atoms with Crippen molar-refractivity contribution < 1.29 is 21.6 Å². The fraction of sp³-hybridized carbons (Fsp3) is 0.478. The number of anilines is 1. The summed E-state index contributed by atoms with van der Waals surface area (Å²) >= 11 is 0. The van der Waals surface area contributed by atoms with E-state index in [0.29, 0.717) is 24.4 Å². The van der Waals surface area contributed by atoms with Gasteiger partial charge in [-0.1, -0.05) is 12.1 Å². The minimum absolute atomic E-state index is 0.115. The molecule has 2 aliphatic heterocycles. The Kier molecular flexibility index (Phi) is 6.26. The van der Waals surface area contributed by atoms with E-state index in [1.54, 1.807) is 19.1 Å². The molecule has 32 heavy (non-hydrogen) atoms. The molecule has 2 heterocycles. The lowest BCUT2D eigenvalue weighted by Crippen LogP contribution is -2.55. The highest BCUT2D eigenvalue weighted by molar-refractivity contribution is 7.96. The largest absolute Gasteiger partial charge is 0.496 e. The molecule has 2 atom stereocenters. The van der Waals surface area contributed by atoms with Crippen LogP contribution >= 0.6 is 0 Å². The molecular formula is C23H30N2O5S2. The van der Waals surface area contributed by atoms with Crippen molar-refractivity contribution in [3.8, 4) is 5.75 Å². The zero-order chi connectivity index (χ0) is 23.1. The third-order valence-electron chi connectivity index (χ3n) is 6.52. The van der Waals surface area contributed by atoms with Crippen LogP contribution in [0.5, 0.6) is 5.75 Å². The van der Waals surface area contributed by atoms with E-state index < -0.39 is 31.0 Å². The summed E-state index contributed by atoms with van der Waals surface area (Å²) in [6.07, 6.45) is 0. The number of aryl methyl sites for hydroxylation is 2. The molecule has 0 unspecified atom stereocenters. The Morgan fingerprint density at radius 3 is 2.31 bits per heavy atom. The van der Waals surface area contributed by atoms with Gasteiger partial charge < -0.3 is 9.64 Å². The third kappa shape index (κ3) is 4.51. The van der Waals surface area contributed by atoms with Crippen LogP contribution in [0.3, 0.4) is 0 Å². The standard InChI is InChI=1S/C23H30N2O5S2/c1-17-5-4-6-19(13-17)24-9-11-25(12-10-24)21-15-31(26,27)16-23(21)32(28,29)20-7-8-22(30-3)18(2)14-20/h4-8,13-14,21,23H,9-12,15-16H2,1-3H3/t21-,23-/m0/s1. The summed E-state index contributed by atoms with van der Waals surface area (Å²) in [7, 11) is -5.72. The van der Waals surface area contributed by atoms with Crippen molar-refractivity contribution in [3.63, 3.8) is 0 Å². The summed E-state index contributed by atoms with van der Waals surface area (Å²) in [4.78, 5) is 4.47. The molecule has 0 amide bonds. The minimum Gasteiger partial charge on any atom is -0.496 e. The highest BCUT2D eigenvalue weighted by atomic mass is 32.2. The molecule has 2 saturated heterocycles. The molecule has 0 aromatic heterocycles. The first-order chi connectivity index (χ1) is 15.1. The van der Waals surface area contributed by atoms with Crippen molar-refractivity contribution in [1.82, 2.24) is 4.90 Å². The van der Waals surface area contributed by atoms with E-state index in [1.807, 2.05) is 6.07 Å². The van der Waals surface area contributed by atoms with Gasteiger partial charge in [0.05, 0.1) is 28.8 Å². The van der Waals surface area contributed by atoms with Crippen molar-refractivity contribution in [1.29, 1.82) is 0 Å². The number of hydrogen-bond donors (Lipinski definition) is 0. The molecular weight excluding hydrogens is 448 g/mol. The van der Waals surface area contributed by atoms with Gasteiger partial charge in [-0.05, 0) is 55.3 Å². The van der Waals surface area contributed by atoms with Crippen LogP contribution in [-0.4, -0.2) is 77.8 Å². The van der Waals surface area contributed by atoms with Crippen LogP contribution in [0.15, 0.2) is 47.4 Å². The average Bonchev–Trinajstić information content (AvgIpc) is 3.10. The fourth-order valence-electron chi connectivity index (χ4n) is 4.77. The second-order valence-electron chi connectivity index (χ2n) is 8.72. The van der Waals surface area contributed by atoms with Crippen LogP contribution in [0.1, 0.15) is 11.1 Å². The molecule has 2 aromatic rings. The molecule has 0 saturated carbocycles. The molecule has 4 rings (SSSR count). The van der Waals surface area contributed by atoms with Gasteiger partial charge >= 0.3 is 0 Å². The molecule has 174 valence electrons. The maximum Gasteiger partial charge on any atom is 0.183 e. The van der Waals surface area contributed by atoms with Gasteiger partial charge in [0.25, 0.3) is 0 Å². The zero-order valence-corrected chi connectivity index (χ0v) is 20.3. The molecule has 0 spiro atoms. The molecule has 2 aromatic carbocycles. The fourth-order valence-corrected chi connectivity index (χ4v) is 9.69. The van der Waals surface area contributed by atoms with Crippen molar-refractivity contribution in [3.05, 3.63) is 53.6 Å². The van der Waals surface area contributed by atoms with E-state index in [2.05, 4.69) is 34.9 Å². The summed E-state index contributed by atoms with van der Waals surface area (Å²) in [5.74, 6) is 0.159. The zero-order valence-electron chi connectivity index (χ0n) is 18.7. The molecule has 0 N–H and O–H groups in total. The summed E-state index contributed by atoms with van der Waals surface area (Å²) < 4.78 is 57.3. The van der Waals surface area contributed by atoms with Gasteiger partial charge in [0.1, 0.15) is 5.75 Å². The van der Waals surface area contributed by atoms with Gasteiger partial charge in [-0.2, -0.15) is 0 Å². The molecule has 7 nitrogen and oxygen atoms in total. The molecule has 0 bridgehead atoms. The first kappa shape index (κ1) is 23.1. The van der Waals surface area contributed by atoms with E-state index in [1.165, 1.54) is 18.7 Å². The van der Waals surface area contributed by atoms with Crippen molar-refractivity contribution >= 4 is 25.4 Å².